The van der Waals surface area contributed by atoms with Crippen molar-refractivity contribution in [2.45, 2.75) is 6.92 Å². The van der Waals surface area contributed by atoms with Crippen LogP contribution in [0.4, 0.5) is 0 Å². The summed E-state index contributed by atoms with van der Waals surface area (Å²) in [4.78, 5) is 23.9. The van der Waals surface area contributed by atoms with Crippen molar-refractivity contribution in [3.63, 3.8) is 0 Å². The molecule has 0 N–H and O–H groups in total. The Morgan fingerprint density at radius 3 is 2.21 bits per heavy atom. The molecule has 0 aromatic heterocycles. The third-order valence-corrected chi connectivity index (χ3v) is 3.20. The molecule has 2 rings (SSSR count). The van der Waals surface area contributed by atoms with Gasteiger partial charge in [0.1, 0.15) is 11.3 Å². The van der Waals surface area contributed by atoms with Crippen LogP contribution in [0.15, 0.2) is 42.5 Å². The second kappa shape index (κ2) is 8.01. The van der Waals surface area contributed by atoms with E-state index in [-0.39, 0.29) is 5.56 Å². The molecule has 0 heterocycles. The minimum Gasteiger partial charge on any atom is -0.493 e. The van der Waals surface area contributed by atoms with E-state index in [0.29, 0.717) is 29.4 Å². The van der Waals surface area contributed by atoms with Gasteiger partial charge < -0.3 is 18.9 Å². The third-order valence-electron chi connectivity index (χ3n) is 3.20. The number of carbonyl (C=O) groups is 2. The normalized spacial score (nSPS) is 9.96. The fourth-order valence-corrected chi connectivity index (χ4v) is 2.08. The molecule has 0 saturated heterocycles. The molecule has 0 atom stereocenters. The topological polar surface area (TPSA) is 71.1 Å². The predicted octanol–water partition coefficient (Wildman–Crippen LogP) is 3.10. The molecular weight excluding hydrogens is 312 g/mol. The van der Waals surface area contributed by atoms with Gasteiger partial charge in [0.05, 0.1) is 26.4 Å². The largest absolute Gasteiger partial charge is 0.493 e. The molecule has 6 heteroatoms. The van der Waals surface area contributed by atoms with E-state index >= 15 is 0 Å². The van der Waals surface area contributed by atoms with Crippen LogP contribution in [-0.2, 0) is 4.74 Å². The smallest absolute Gasteiger partial charge is 0.347 e. The summed E-state index contributed by atoms with van der Waals surface area (Å²) in [6, 6.07) is 11.0. The van der Waals surface area contributed by atoms with Crippen molar-refractivity contribution in [1.29, 1.82) is 0 Å². The van der Waals surface area contributed by atoms with Crippen LogP contribution in [0.5, 0.6) is 17.2 Å². The molecule has 0 aliphatic carbocycles. The molecule has 0 spiro atoms. The summed E-state index contributed by atoms with van der Waals surface area (Å²) < 4.78 is 20.6. The number of hydrogen-bond acceptors (Lipinski definition) is 6. The highest BCUT2D eigenvalue weighted by Crippen LogP contribution is 2.31. The lowest BCUT2D eigenvalue weighted by Gasteiger charge is -2.12. The third kappa shape index (κ3) is 3.84. The van der Waals surface area contributed by atoms with Gasteiger partial charge in [-0.15, -0.1) is 0 Å². The van der Waals surface area contributed by atoms with Crippen molar-refractivity contribution < 1.29 is 28.5 Å². The maximum absolute atomic E-state index is 12.3. The highest BCUT2D eigenvalue weighted by atomic mass is 16.5. The number of esters is 2. The SMILES string of the molecule is CCOC(=O)c1ccc(OC(=O)c2cccc(OC)c2OC)cc1. The fourth-order valence-electron chi connectivity index (χ4n) is 2.08. The van der Waals surface area contributed by atoms with Crippen molar-refractivity contribution in [3.05, 3.63) is 53.6 Å². The van der Waals surface area contributed by atoms with Crippen molar-refractivity contribution in [2.24, 2.45) is 0 Å². The van der Waals surface area contributed by atoms with E-state index in [2.05, 4.69) is 0 Å². The molecule has 2 aromatic rings. The van der Waals surface area contributed by atoms with Crippen molar-refractivity contribution in [3.8, 4) is 17.2 Å². The molecule has 6 nitrogen and oxygen atoms in total. The molecule has 0 fully saturated rings. The molecular formula is C18H18O6. The van der Waals surface area contributed by atoms with Crippen molar-refractivity contribution in [2.75, 3.05) is 20.8 Å². The first-order valence-electron chi connectivity index (χ1n) is 7.31. The number of rotatable bonds is 6. The summed E-state index contributed by atoms with van der Waals surface area (Å²) in [5.74, 6) is 0.0233. The van der Waals surface area contributed by atoms with E-state index in [9.17, 15) is 9.59 Å². The number of methoxy groups -OCH3 is 2. The van der Waals surface area contributed by atoms with Gasteiger partial charge in [0.2, 0.25) is 0 Å². The van der Waals surface area contributed by atoms with Gasteiger partial charge in [-0.05, 0) is 43.3 Å². The molecule has 0 bridgehead atoms. The summed E-state index contributed by atoms with van der Waals surface area (Å²) in [5.41, 5.74) is 0.627. The molecule has 2 aromatic carbocycles. The lowest BCUT2D eigenvalue weighted by molar-refractivity contribution is 0.0526. The van der Waals surface area contributed by atoms with E-state index in [1.165, 1.54) is 38.5 Å². The molecule has 0 aliphatic heterocycles. The average Bonchev–Trinajstić information content (AvgIpc) is 2.61. The van der Waals surface area contributed by atoms with Crippen LogP contribution >= 0.6 is 0 Å². The van der Waals surface area contributed by atoms with Gasteiger partial charge >= 0.3 is 11.9 Å². The van der Waals surface area contributed by atoms with E-state index < -0.39 is 11.9 Å². The predicted molar refractivity (Wildman–Crippen MR) is 86.9 cm³/mol. The van der Waals surface area contributed by atoms with Crippen LogP contribution < -0.4 is 14.2 Å². The summed E-state index contributed by atoms with van der Waals surface area (Å²) >= 11 is 0. The summed E-state index contributed by atoms with van der Waals surface area (Å²) in [7, 11) is 2.93. The van der Waals surface area contributed by atoms with Crippen LogP contribution in [0, 0.1) is 0 Å². The van der Waals surface area contributed by atoms with Gasteiger partial charge in [-0.2, -0.15) is 0 Å². The molecule has 126 valence electrons. The van der Waals surface area contributed by atoms with Gasteiger partial charge in [-0.3, -0.25) is 0 Å². The quantitative estimate of drug-likeness (QED) is 0.599. The minimum atomic E-state index is -0.588. The molecule has 0 unspecified atom stereocenters. The Labute approximate surface area is 139 Å². The van der Waals surface area contributed by atoms with Crippen LogP contribution in [0.25, 0.3) is 0 Å². The first-order valence-corrected chi connectivity index (χ1v) is 7.31. The summed E-state index contributed by atoms with van der Waals surface area (Å²) in [6.07, 6.45) is 0. The molecule has 0 radical (unpaired) electrons. The van der Waals surface area contributed by atoms with E-state index in [1.807, 2.05) is 0 Å². The Hall–Kier alpha value is -3.02. The van der Waals surface area contributed by atoms with Crippen LogP contribution in [0.1, 0.15) is 27.6 Å². The van der Waals surface area contributed by atoms with Crippen LogP contribution in [0.2, 0.25) is 0 Å². The first kappa shape index (κ1) is 17.3. The molecule has 0 amide bonds. The van der Waals surface area contributed by atoms with Gasteiger partial charge in [0.15, 0.2) is 11.5 Å². The first-order chi connectivity index (χ1) is 11.6. The number of carbonyl (C=O) groups excluding carboxylic acids is 2. The molecule has 0 aliphatic rings. The second-order valence-corrected chi connectivity index (χ2v) is 4.68. The van der Waals surface area contributed by atoms with E-state index in [4.69, 9.17) is 18.9 Å². The number of para-hydroxylation sites is 1. The Morgan fingerprint density at radius 1 is 0.917 bits per heavy atom. The molecule has 0 saturated carbocycles. The average molecular weight is 330 g/mol. The zero-order valence-electron chi connectivity index (χ0n) is 13.7. The van der Waals surface area contributed by atoms with Crippen LogP contribution in [-0.4, -0.2) is 32.8 Å². The van der Waals surface area contributed by atoms with Gasteiger partial charge in [0, 0.05) is 0 Å². The lowest BCUT2D eigenvalue weighted by atomic mass is 10.2. The number of hydrogen-bond donors (Lipinski definition) is 0. The van der Waals surface area contributed by atoms with E-state index in [0.717, 1.165) is 0 Å². The highest BCUT2D eigenvalue weighted by molar-refractivity contribution is 5.95. The maximum atomic E-state index is 12.3. The maximum Gasteiger partial charge on any atom is 0.347 e. The van der Waals surface area contributed by atoms with E-state index in [1.54, 1.807) is 25.1 Å². The zero-order chi connectivity index (χ0) is 17.5. The van der Waals surface area contributed by atoms with Crippen LogP contribution in [0.3, 0.4) is 0 Å². The second-order valence-electron chi connectivity index (χ2n) is 4.68. The lowest BCUT2D eigenvalue weighted by Crippen LogP contribution is -2.11. The molecule has 24 heavy (non-hydrogen) atoms. The summed E-state index contributed by atoms with van der Waals surface area (Å²) in [6.45, 7) is 2.03. The Bertz CT molecular complexity index is 721. The van der Waals surface area contributed by atoms with Crippen molar-refractivity contribution in [1.82, 2.24) is 0 Å². The van der Waals surface area contributed by atoms with Crippen molar-refractivity contribution >= 4 is 11.9 Å². The minimum absolute atomic E-state index is 0.242. The van der Waals surface area contributed by atoms with Gasteiger partial charge in [-0.25, -0.2) is 9.59 Å². The monoisotopic (exact) mass is 330 g/mol. The number of ether oxygens (including phenoxy) is 4. The Kier molecular flexibility index (Phi) is 5.78. The highest BCUT2D eigenvalue weighted by Gasteiger charge is 2.18. The standard InChI is InChI=1S/C18H18O6/c1-4-23-17(19)12-8-10-13(11-9-12)24-18(20)14-6-5-7-15(21-2)16(14)22-3/h5-11H,4H2,1-3H3. The summed E-state index contributed by atoms with van der Waals surface area (Å²) in [5, 5.41) is 0. The Balaban J connectivity index is 2.17. The Morgan fingerprint density at radius 2 is 1.62 bits per heavy atom. The number of benzene rings is 2. The zero-order valence-corrected chi connectivity index (χ0v) is 13.7. The van der Waals surface area contributed by atoms with Gasteiger partial charge in [-0.1, -0.05) is 6.07 Å². The fraction of sp³-hybridized carbons (Fsp3) is 0.222. The van der Waals surface area contributed by atoms with Gasteiger partial charge in [0.25, 0.3) is 0 Å².